The van der Waals surface area contributed by atoms with Gasteiger partial charge in [0, 0.05) is 37.5 Å². The highest BCUT2D eigenvalue weighted by atomic mass is 35.5. The lowest BCUT2D eigenvalue weighted by Crippen LogP contribution is -2.28. The van der Waals surface area contributed by atoms with E-state index in [1.54, 1.807) is 59.4 Å². The predicted molar refractivity (Wildman–Crippen MR) is 169 cm³/mol. The third-order valence-electron chi connectivity index (χ3n) is 6.12. The second kappa shape index (κ2) is 14.0. The predicted octanol–water partition coefficient (Wildman–Crippen LogP) is 7.54. The zero-order chi connectivity index (χ0) is 32.0. The number of hydrogen-bond donors (Lipinski definition) is 2. The molecule has 0 saturated heterocycles. The second-order valence-electron chi connectivity index (χ2n) is 11.2. The minimum absolute atomic E-state index is 0.000470. The molecule has 0 aliphatic carbocycles. The molecule has 0 aliphatic heterocycles. The highest BCUT2D eigenvalue weighted by Gasteiger charge is 2.35. The smallest absolute Gasteiger partial charge is 0.404 e. The van der Waals surface area contributed by atoms with Crippen molar-refractivity contribution in [3.63, 3.8) is 0 Å². The van der Waals surface area contributed by atoms with Crippen molar-refractivity contribution in [3.8, 4) is 17.0 Å². The number of rotatable bonds is 14. The summed E-state index contributed by atoms with van der Waals surface area (Å²) < 4.78 is 78.8. The maximum Gasteiger partial charge on any atom is 0.404 e. The topological polar surface area (TPSA) is 107 Å². The largest absolute Gasteiger partial charge is 0.487 e. The Balaban J connectivity index is 1.66. The Kier molecular flexibility index (Phi) is 10.6. The number of aromatic nitrogens is 3. The van der Waals surface area contributed by atoms with Gasteiger partial charge in [0.15, 0.2) is 5.75 Å². The normalized spacial score (nSPS) is 12.2. The zero-order valence-corrected chi connectivity index (χ0v) is 26.9. The first-order chi connectivity index (χ1) is 20.7. The van der Waals surface area contributed by atoms with Gasteiger partial charge in [0.25, 0.3) is 0 Å². The number of sulfonamides is 1. The molecule has 9 nitrogen and oxygen atoms in total. The Hall–Kier alpha value is -3.59. The number of benzene rings is 2. The van der Waals surface area contributed by atoms with E-state index in [1.807, 2.05) is 10.8 Å². The first kappa shape index (κ1) is 33.3. The molecule has 0 amide bonds. The van der Waals surface area contributed by atoms with Crippen molar-refractivity contribution >= 4 is 47.0 Å². The minimum atomic E-state index is -4.92. The van der Waals surface area contributed by atoms with Crippen LogP contribution in [0, 0.1) is 0 Å². The quantitative estimate of drug-likeness (QED) is 0.106. The number of nitrogens with zero attached hydrogens (tertiary/aromatic N) is 3. The Morgan fingerprint density at radius 2 is 1.77 bits per heavy atom. The average Bonchev–Trinajstić information content (AvgIpc) is 3.32. The molecular weight excluding hydrogens is 635 g/mol. The Morgan fingerprint density at radius 3 is 2.43 bits per heavy atom. The molecule has 236 valence electrons. The summed E-state index contributed by atoms with van der Waals surface area (Å²) in [6.07, 6.45) is -3.27. The van der Waals surface area contributed by atoms with Gasteiger partial charge in [-0.3, -0.25) is 4.72 Å². The maximum absolute atomic E-state index is 12.9. The fraction of sp³-hybridized carbons (Fsp3) is 0.310. The van der Waals surface area contributed by atoms with E-state index in [0.29, 0.717) is 40.1 Å². The molecule has 2 heterocycles. The van der Waals surface area contributed by atoms with Crippen LogP contribution in [0.4, 0.5) is 30.5 Å². The second-order valence-corrected chi connectivity index (χ2v) is 19.0. The summed E-state index contributed by atoms with van der Waals surface area (Å²) in [6, 6.07) is 19.4. The minimum Gasteiger partial charge on any atom is -0.487 e. The Labute approximate surface area is 260 Å². The van der Waals surface area contributed by atoms with Crippen LogP contribution < -0.4 is 14.8 Å². The number of nitrogens with one attached hydrogen (secondary N) is 2. The number of alkyl halides is 3. The van der Waals surface area contributed by atoms with Crippen molar-refractivity contribution in [2.75, 3.05) is 22.4 Å². The number of pyridine rings is 1. The summed E-state index contributed by atoms with van der Waals surface area (Å²) in [5.41, 5.74) is 1.58. The molecule has 0 radical (unpaired) electrons. The first-order valence-electron chi connectivity index (χ1n) is 13.6. The van der Waals surface area contributed by atoms with E-state index < -0.39 is 30.0 Å². The summed E-state index contributed by atoms with van der Waals surface area (Å²) >= 11 is 5.96. The highest BCUT2D eigenvalue weighted by molar-refractivity contribution is 7.92. The van der Waals surface area contributed by atoms with E-state index in [1.165, 1.54) is 12.1 Å². The van der Waals surface area contributed by atoms with Crippen molar-refractivity contribution in [1.82, 2.24) is 14.8 Å². The summed E-state index contributed by atoms with van der Waals surface area (Å²) in [7, 11) is -6.07. The van der Waals surface area contributed by atoms with Crippen molar-refractivity contribution in [2.24, 2.45) is 0 Å². The molecule has 0 saturated carbocycles. The van der Waals surface area contributed by atoms with Gasteiger partial charge in [0.1, 0.15) is 30.7 Å². The highest BCUT2D eigenvalue weighted by Crippen LogP contribution is 2.34. The lowest BCUT2D eigenvalue weighted by atomic mass is 10.1. The standard InChI is InChI=1S/C29H33ClF3N5O4SSi/c1-44(2,3)15-14-41-20-38-28(35-27-6-4-5-13-34-27)17-25(36-38)22-9-12-24(37-43(39,40)19-29(31,32)33)26(16-22)42-18-21-7-10-23(30)11-8-21/h4-13,16-17,37H,14-15,18-20H2,1-3H3,(H,34,35). The van der Waals surface area contributed by atoms with Crippen molar-refractivity contribution in [1.29, 1.82) is 0 Å². The molecule has 2 N–H and O–H groups in total. The van der Waals surface area contributed by atoms with E-state index in [2.05, 4.69) is 35.0 Å². The van der Waals surface area contributed by atoms with Gasteiger partial charge in [-0.25, -0.2) is 18.1 Å². The molecule has 2 aromatic carbocycles. The molecule has 0 unspecified atom stereocenters. The van der Waals surface area contributed by atoms with Crippen molar-refractivity contribution < 1.29 is 31.1 Å². The SMILES string of the molecule is C[Si](C)(C)CCOCn1nc(-c2ccc(NS(=O)(=O)CC(F)(F)F)c(OCc3ccc(Cl)cc3)c2)cc1Nc1ccccn1. The first-order valence-corrected chi connectivity index (χ1v) is 19.3. The molecule has 2 aromatic heterocycles. The molecule has 15 heteroatoms. The van der Waals surface area contributed by atoms with Gasteiger partial charge < -0.3 is 14.8 Å². The zero-order valence-electron chi connectivity index (χ0n) is 24.4. The van der Waals surface area contributed by atoms with Crippen LogP contribution in [0.25, 0.3) is 11.3 Å². The van der Waals surface area contributed by atoms with Gasteiger partial charge >= 0.3 is 6.18 Å². The van der Waals surface area contributed by atoms with Crippen LogP contribution in [0.2, 0.25) is 30.7 Å². The molecule has 0 atom stereocenters. The lowest BCUT2D eigenvalue weighted by molar-refractivity contribution is -0.106. The molecule has 4 aromatic rings. The van der Waals surface area contributed by atoms with E-state index >= 15 is 0 Å². The molecular formula is C29H33ClF3N5O4SSi. The van der Waals surface area contributed by atoms with Gasteiger partial charge in [-0.05, 0) is 48.0 Å². The Bertz CT molecular complexity index is 1650. The van der Waals surface area contributed by atoms with Gasteiger partial charge in [0.2, 0.25) is 10.0 Å². The lowest BCUT2D eigenvalue weighted by Gasteiger charge is -2.16. The molecule has 0 aliphatic rings. The molecule has 0 fully saturated rings. The summed E-state index contributed by atoms with van der Waals surface area (Å²) in [4.78, 5) is 4.31. The summed E-state index contributed by atoms with van der Waals surface area (Å²) in [6.45, 7) is 7.51. The molecule has 0 bridgehead atoms. The van der Waals surface area contributed by atoms with Crippen LogP contribution in [0.1, 0.15) is 5.56 Å². The number of hydrogen-bond acceptors (Lipinski definition) is 7. The number of anilines is 3. The monoisotopic (exact) mass is 667 g/mol. The third kappa shape index (κ3) is 10.5. The summed E-state index contributed by atoms with van der Waals surface area (Å²) in [5, 5.41) is 8.44. The van der Waals surface area contributed by atoms with Crippen LogP contribution >= 0.6 is 11.6 Å². The van der Waals surface area contributed by atoms with E-state index in [-0.39, 0.29) is 24.8 Å². The van der Waals surface area contributed by atoms with Crippen molar-refractivity contribution in [2.45, 2.75) is 45.2 Å². The van der Waals surface area contributed by atoms with Gasteiger partial charge in [-0.15, -0.1) is 0 Å². The van der Waals surface area contributed by atoms with E-state index in [9.17, 15) is 21.6 Å². The molecule has 44 heavy (non-hydrogen) atoms. The van der Waals surface area contributed by atoms with E-state index in [4.69, 9.17) is 21.1 Å². The fourth-order valence-corrected chi connectivity index (χ4v) is 5.79. The van der Waals surface area contributed by atoms with E-state index in [0.717, 1.165) is 6.04 Å². The summed E-state index contributed by atoms with van der Waals surface area (Å²) in [5.74, 6) is -0.847. The number of ether oxygens (including phenoxy) is 2. The van der Waals surface area contributed by atoms with Gasteiger partial charge in [-0.2, -0.15) is 18.3 Å². The van der Waals surface area contributed by atoms with Gasteiger partial charge in [-0.1, -0.05) is 55.5 Å². The van der Waals surface area contributed by atoms with Crippen molar-refractivity contribution in [3.05, 3.63) is 83.5 Å². The number of halogens is 4. The van der Waals surface area contributed by atoms with Crippen LogP contribution in [0.5, 0.6) is 5.75 Å². The maximum atomic E-state index is 12.9. The van der Waals surface area contributed by atoms with Crippen LogP contribution in [0.15, 0.2) is 72.9 Å². The average molecular weight is 668 g/mol. The van der Waals surface area contributed by atoms with Crippen LogP contribution in [-0.2, 0) is 28.1 Å². The fourth-order valence-electron chi connectivity index (χ4n) is 3.90. The molecule has 4 rings (SSSR count). The third-order valence-corrected chi connectivity index (χ3v) is 9.31. The molecule has 0 spiro atoms. The van der Waals surface area contributed by atoms with Crippen LogP contribution in [-0.4, -0.2) is 49.8 Å². The Morgan fingerprint density at radius 1 is 1.02 bits per heavy atom. The van der Waals surface area contributed by atoms with Gasteiger partial charge in [0.05, 0.1) is 11.4 Å². The van der Waals surface area contributed by atoms with Crippen LogP contribution in [0.3, 0.4) is 0 Å².